The Hall–Kier alpha value is -0.750. The molecule has 0 aliphatic heterocycles. The maximum absolute atomic E-state index is 12.4. The van der Waals surface area contributed by atoms with Crippen molar-refractivity contribution in [2.45, 2.75) is 36.4 Å². The van der Waals surface area contributed by atoms with Crippen molar-refractivity contribution in [1.82, 2.24) is 4.98 Å². The molecule has 0 radical (unpaired) electrons. The lowest BCUT2D eigenvalue weighted by Crippen LogP contribution is -2.15. The molecule has 0 saturated heterocycles. The Balaban J connectivity index is 2.83. The Labute approximate surface area is 95.9 Å². The van der Waals surface area contributed by atoms with E-state index in [0.29, 0.717) is 0 Å². The summed E-state index contributed by atoms with van der Waals surface area (Å²) in [6, 6.07) is 1.92. The molecule has 0 spiro atoms. The molecule has 0 saturated carbocycles. The van der Waals surface area contributed by atoms with Crippen LogP contribution < -0.4 is 0 Å². The predicted octanol–water partition coefficient (Wildman–Crippen LogP) is 2.96. The van der Waals surface area contributed by atoms with E-state index in [1.54, 1.807) is 13.8 Å². The molecule has 1 heterocycles. The lowest BCUT2D eigenvalue weighted by atomic mass is 10.3. The molecule has 2 unspecified atom stereocenters. The van der Waals surface area contributed by atoms with Crippen LogP contribution in [0, 0.1) is 0 Å². The highest BCUT2D eigenvalue weighted by atomic mass is 32.2. The maximum Gasteiger partial charge on any atom is 0.416 e. The molecule has 6 heteroatoms. The first-order valence-electron chi connectivity index (χ1n) is 4.68. The highest BCUT2D eigenvalue weighted by Gasteiger charge is 2.30. The second kappa shape index (κ2) is 5.05. The summed E-state index contributed by atoms with van der Waals surface area (Å²) in [5.74, 6) is 0. The number of pyridine rings is 1. The number of nitrogens with zero attached hydrogens (tertiary/aromatic N) is 1. The molecule has 0 amide bonds. The van der Waals surface area contributed by atoms with Crippen LogP contribution in [0.2, 0.25) is 0 Å². The van der Waals surface area contributed by atoms with Gasteiger partial charge in [-0.1, -0.05) is 6.92 Å². The van der Waals surface area contributed by atoms with Crippen LogP contribution in [0.15, 0.2) is 23.4 Å². The van der Waals surface area contributed by atoms with Crippen molar-refractivity contribution in [3.63, 3.8) is 0 Å². The fourth-order valence-electron chi connectivity index (χ4n) is 0.939. The van der Waals surface area contributed by atoms with E-state index in [1.165, 1.54) is 0 Å². The second-order valence-electron chi connectivity index (χ2n) is 3.44. The molecular formula is C10H12F3NOS. The number of aromatic nitrogens is 1. The van der Waals surface area contributed by atoms with Crippen LogP contribution in [0.5, 0.6) is 0 Å². The largest absolute Gasteiger partial charge is 0.416 e. The zero-order valence-electron chi connectivity index (χ0n) is 8.82. The third-order valence-electron chi connectivity index (χ3n) is 2.05. The van der Waals surface area contributed by atoms with Crippen LogP contribution in [-0.2, 0) is 6.18 Å². The van der Waals surface area contributed by atoms with Gasteiger partial charge in [-0.3, -0.25) is 0 Å². The van der Waals surface area contributed by atoms with Crippen LogP contribution in [-0.4, -0.2) is 21.4 Å². The first-order valence-corrected chi connectivity index (χ1v) is 5.56. The maximum atomic E-state index is 12.4. The van der Waals surface area contributed by atoms with E-state index >= 15 is 0 Å². The van der Waals surface area contributed by atoms with Gasteiger partial charge in [0, 0.05) is 11.4 Å². The molecule has 90 valence electrons. The summed E-state index contributed by atoms with van der Waals surface area (Å²) in [4.78, 5) is 3.83. The average Bonchev–Trinajstić information content (AvgIpc) is 2.16. The van der Waals surface area contributed by atoms with E-state index < -0.39 is 17.8 Å². The standard InChI is InChI=1S/C10H12F3NOS/c1-6(15)7(2)16-9-5-8(3-4-14-9)10(11,12)13/h3-7,15H,1-2H3. The van der Waals surface area contributed by atoms with Gasteiger partial charge in [0.05, 0.1) is 16.7 Å². The van der Waals surface area contributed by atoms with E-state index in [2.05, 4.69) is 4.98 Å². The van der Waals surface area contributed by atoms with Crippen molar-refractivity contribution in [1.29, 1.82) is 0 Å². The predicted molar refractivity (Wildman–Crippen MR) is 56.2 cm³/mol. The molecule has 1 aromatic heterocycles. The van der Waals surface area contributed by atoms with Gasteiger partial charge in [-0.25, -0.2) is 4.98 Å². The molecule has 2 nitrogen and oxygen atoms in total. The Bertz CT molecular complexity index is 354. The summed E-state index contributed by atoms with van der Waals surface area (Å²) in [7, 11) is 0. The number of aliphatic hydroxyl groups excluding tert-OH is 1. The third kappa shape index (κ3) is 3.68. The quantitative estimate of drug-likeness (QED) is 0.838. The Morgan fingerprint density at radius 2 is 2.00 bits per heavy atom. The van der Waals surface area contributed by atoms with Gasteiger partial charge in [0.15, 0.2) is 0 Å². The first kappa shape index (κ1) is 13.3. The molecule has 1 rings (SSSR count). The summed E-state index contributed by atoms with van der Waals surface area (Å²) >= 11 is 1.12. The smallest absolute Gasteiger partial charge is 0.392 e. The topological polar surface area (TPSA) is 33.1 Å². The molecule has 1 N–H and O–H groups in total. The fourth-order valence-corrected chi connectivity index (χ4v) is 1.83. The summed E-state index contributed by atoms with van der Waals surface area (Å²) in [6.45, 7) is 3.32. The Morgan fingerprint density at radius 1 is 1.38 bits per heavy atom. The number of alkyl halides is 3. The van der Waals surface area contributed by atoms with Gasteiger partial charge in [0.1, 0.15) is 0 Å². The van der Waals surface area contributed by atoms with E-state index in [0.717, 1.165) is 30.1 Å². The monoisotopic (exact) mass is 251 g/mol. The number of halogens is 3. The molecule has 1 aromatic rings. The average molecular weight is 251 g/mol. The van der Waals surface area contributed by atoms with Crippen LogP contribution >= 0.6 is 11.8 Å². The lowest BCUT2D eigenvalue weighted by molar-refractivity contribution is -0.137. The van der Waals surface area contributed by atoms with Crippen LogP contribution in [0.1, 0.15) is 19.4 Å². The minimum absolute atomic E-state index is 0.198. The Morgan fingerprint density at radius 3 is 2.50 bits per heavy atom. The Kier molecular flexibility index (Phi) is 4.21. The summed E-state index contributed by atoms with van der Waals surface area (Å²) in [6.07, 6.45) is -3.83. The third-order valence-corrected chi connectivity index (χ3v) is 3.28. The fraction of sp³-hybridized carbons (Fsp3) is 0.500. The molecule has 0 aliphatic carbocycles. The van der Waals surface area contributed by atoms with E-state index in [1.807, 2.05) is 0 Å². The first-order chi connectivity index (χ1) is 7.30. The molecule has 16 heavy (non-hydrogen) atoms. The molecule has 2 atom stereocenters. The second-order valence-corrected chi connectivity index (χ2v) is 4.84. The molecule has 0 aromatic carbocycles. The number of aliphatic hydroxyl groups is 1. The molecular weight excluding hydrogens is 239 g/mol. The van der Waals surface area contributed by atoms with Crippen molar-refractivity contribution < 1.29 is 18.3 Å². The highest BCUT2D eigenvalue weighted by molar-refractivity contribution is 7.99. The molecule has 0 aliphatic rings. The number of rotatable bonds is 3. The normalized spacial score (nSPS) is 15.9. The van der Waals surface area contributed by atoms with Crippen LogP contribution in [0.3, 0.4) is 0 Å². The zero-order valence-corrected chi connectivity index (χ0v) is 9.64. The number of hydrogen-bond donors (Lipinski definition) is 1. The molecule has 0 fully saturated rings. The van der Waals surface area contributed by atoms with Gasteiger partial charge < -0.3 is 5.11 Å². The number of hydrogen-bond acceptors (Lipinski definition) is 3. The SMILES string of the molecule is CC(O)C(C)Sc1cc(C(F)(F)F)ccn1. The van der Waals surface area contributed by atoms with Crippen molar-refractivity contribution in [3.05, 3.63) is 23.9 Å². The minimum atomic E-state index is -4.35. The van der Waals surface area contributed by atoms with Crippen LogP contribution in [0.4, 0.5) is 13.2 Å². The van der Waals surface area contributed by atoms with Gasteiger partial charge in [-0.2, -0.15) is 13.2 Å². The van der Waals surface area contributed by atoms with E-state index in [-0.39, 0.29) is 10.3 Å². The lowest BCUT2D eigenvalue weighted by Gasteiger charge is -2.14. The van der Waals surface area contributed by atoms with Crippen molar-refractivity contribution in [2.75, 3.05) is 0 Å². The summed E-state index contributed by atoms with van der Waals surface area (Å²) in [5.41, 5.74) is -0.720. The van der Waals surface area contributed by atoms with Crippen molar-refractivity contribution in [2.24, 2.45) is 0 Å². The summed E-state index contributed by atoms with van der Waals surface area (Å²) < 4.78 is 37.1. The highest BCUT2D eigenvalue weighted by Crippen LogP contribution is 2.32. The van der Waals surface area contributed by atoms with Gasteiger partial charge in [-0.15, -0.1) is 11.8 Å². The van der Waals surface area contributed by atoms with E-state index in [4.69, 9.17) is 0 Å². The zero-order chi connectivity index (χ0) is 12.3. The van der Waals surface area contributed by atoms with Gasteiger partial charge in [0.2, 0.25) is 0 Å². The molecule has 0 bridgehead atoms. The van der Waals surface area contributed by atoms with Gasteiger partial charge in [0.25, 0.3) is 0 Å². The van der Waals surface area contributed by atoms with Crippen LogP contribution in [0.25, 0.3) is 0 Å². The van der Waals surface area contributed by atoms with Crippen molar-refractivity contribution >= 4 is 11.8 Å². The number of thioether (sulfide) groups is 1. The van der Waals surface area contributed by atoms with E-state index in [9.17, 15) is 18.3 Å². The van der Waals surface area contributed by atoms with Gasteiger partial charge in [-0.05, 0) is 19.1 Å². The van der Waals surface area contributed by atoms with Gasteiger partial charge >= 0.3 is 6.18 Å². The van der Waals surface area contributed by atoms with Crippen molar-refractivity contribution in [3.8, 4) is 0 Å². The summed E-state index contributed by atoms with van der Waals surface area (Å²) in [5, 5.41) is 9.31. The minimum Gasteiger partial charge on any atom is -0.392 e.